The molecule has 0 saturated carbocycles. The summed E-state index contributed by atoms with van der Waals surface area (Å²) in [6.45, 7) is 3.78. The van der Waals surface area contributed by atoms with Crippen LogP contribution in [0.5, 0.6) is 5.75 Å². The number of carbonyl (C=O) groups is 1. The fourth-order valence-corrected chi connectivity index (χ4v) is 3.01. The van der Waals surface area contributed by atoms with Crippen LogP contribution in [0.4, 0.5) is 5.69 Å². The number of aliphatic hydroxyl groups excluding tert-OH is 1. The van der Waals surface area contributed by atoms with Gasteiger partial charge in [0.15, 0.2) is 5.11 Å². The molecule has 1 heterocycles. The van der Waals surface area contributed by atoms with Crippen LogP contribution in [0, 0.1) is 13.8 Å². The van der Waals surface area contributed by atoms with Gasteiger partial charge >= 0.3 is 0 Å². The molecule has 0 radical (unpaired) electrons. The Hall–Kier alpha value is -3.16. The molecule has 0 saturated heterocycles. The number of carbonyl (C=O) groups excluding carboxylic acids is 1. The van der Waals surface area contributed by atoms with E-state index in [1.807, 2.05) is 32.0 Å². The molecular weight excluding hydrogens is 388 g/mol. The number of furan rings is 1. The Labute approximate surface area is 174 Å². The van der Waals surface area contributed by atoms with E-state index in [9.17, 15) is 4.79 Å². The normalized spacial score (nSPS) is 10.5. The third-order valence-corrected chi connectivity index (χ3v) is 4.74. The fraction of sp³-hybridized carbons (Fsp3) is 0.182. The number of hydrogen-bond donors (Lipinski definition) is 3. The van der Waals surface area contributed by atoms with E-state index >= 15 is 0 Å². The van der Waals surface area contributed by atoms with Crippen molar-refractivity contribution in [1.82, 2.24) is 5.32 Å². The Kier molecular flexibility index (Phi) is 6.31. The number of hydrogen-bond acceptors (Lipinski definition) is 5. The zero-order chi connectivity index (χ0) is 21.0. The number of ether oxygens (including phenoxy) is 1. The van der Waals surface area contributed by atoms with Crippen molar-refractivity contribution in [2.75, 3.05) is 12.4 Å². The van der Waals surface area contributed by atoms with Gasteiger partial charge < -0.3 is 19.6 Å². The van der Waals surface area contributed by atoms with Crippen LogP contribution in [0.1, 0.15) is 27.2 Å². The first-order chi connectivity index (χ1) is 13.9. The van der Waals surface area contributed by atoms with Crippen molar-refractivity contribution in [1.29, 1.82) is 0 Å². The van der Waals surface area contributed by atoms with E-state index in [1.54, 1.807) is 37.4 Å². The van der Waals surface area contributed by atoms with Crippen LogP contribution in [0.3, 0.4) is 0 Å². The zero-order valence-electron chi connectivity index (χ0n) is 16.4. The molecule has 7 heteroatoms. The van der Waals surface area contributed by atoms with E-state index in [0.29, 0.717) is 28.5 Å². The molecule has 0 unspecified atom stereocenters. The first-order valence-corrected chi connectivity index (χ1v) is 9.39. The molecule has 0 fully saturated rings. The summed E-state index contributed by atoms with van der Waals surface area (Å²) in [4.78, 5) is 12.4. The van der Waals surface area contributed by atoms with Crippen LogP contribution >= 0.6 is 12.2 Å². The largest absolute Gasteiger partial charge is 0.496 e. The van der Waals surface area contributed by atoms with Crippen molar-refractivity contribution in [3.8, 4) is 17.1 Å². The van der Waals surface area contributed by atoms with Gasteiger partial charge in [0.25, 0.3) is 5.91 Å². The average molecular weight is 410 g/mol. The van der Waals surface area contributed by atoms with E-state index in [1.165, 1.54) is 0 Å². The second kappa shape index (κ2) is 8.89. The maximum absolute atomic E-state index is 12.4. The van der Waals surface area contributed by atoms with Gasteiger partial charge in [-0.3, -0.25) is 10.1 Å². The number of benzene rings is 2. The van der Waals surface area contributed by atoms with E-state index in [-0.39, 0.29) is 17.6 Å². The third-order valence-electron chi connectivity index (χ3n) is 4.54. The average Bonchev–Trinajstić information content (AvgIpc) is 3.18. The van der Waals surface area contributed by atoms with Crippen molar-refractivity contribution in [3.05, 3.63) is 71.0 Å². The quantitative estimate of drug-likeness (QED) is 0.547. The maximum Gasteiger partial charge on any atom is 0.257 e. The highest BCUT2D eigenvalue weighted by Crippen LogP contribution is 2.33. The predicted molar refractivity (Wildman–Crippen MR) is 116 cm³/mol. The summed E-state index contributed by atoms with van der Waals surface area (Å²) in [5, 5.41) is 15.0. The number of nitrogens with one attached hydrogen (secondary N) is 2. The standard InChI is InChI=1S/C22H22N2O4S/c1-13-4-5-15(10-14(13)2)21(26)24-22(29)23-16-6-8-18(20(11-16)27-3)19-9-7-17(12-25)28-19/h4-11,25H,12H2,1-3H3,(H2,23,24,26,29). The summed E-state index contributed by atoms with van der Waals surface area (Å²) in [6, 6.07) is 14.3. The Morgan fingerprint density at radius 1 is 1.10 bits per heavy atom. The summed E-state index contributed by atoms with van der Waals surface area (Å²) >= 11 is 5.27. The van der Waals surface area contributed by atoms with Gasteiger partial charge in [0.05, 0.1) is 12.7 Å². The molecule has 0 aliphatic rings. The molecular formula is C22H22N2O4S. The SMILES string of the molecule is COc1cc(NC(=S)NC(=O)c2ccc(C)c(C)c2)ccc1-c1ccc(CO)o1. The molecule has 0 aliphatic heterocycles. The van der Waals surface area contributed by atoms with Crippen molar-refractivity contribution in [2.45, 2.75) is 20.5 Å². The predicted octanol–water partition coefficient (Wildman–Crippen LogP) is 4.19. The molecule has 1 aromatic heterocycles. The Morgan fingerprint density at radius 3 is 2.55 bits per heavy atom. The Balaban J connectivity index is 1.71. The summed E-state index contributed by atoms with van der Waals surface area (Å²) in [5.41, 5.74) is 4.10. The highest BCUT2D eigenvalue weighted by Gasteiger charge is 2.13. The van der Waals surface area contributed by atoms with Crippen LogP contribution in [0.15, 0.2) is 52.9 Å². The summed E-state index contributed by atoms with van der Waals surface area (Å²) in [7, 11) is 1.55. The summed E-state index contributed by atoms with van der Waals surface area (Å²) in [5.74, 6) is 1.35. The molecule has 3 N–H and O–H groups in total. The smallest absolute Gasteiger partial charge is 0.257 e. The second-order valence-corrected chi connectivity index (χ2v) is 6.95. The van der Waals surface area contributed by atoms with Crippen molar-refractivity contribution < 1.29 is 19.1 Å². The number of aryl methyl sites for hydroxylation is 2. The van der Waals surface area contributed by atoms with Gasteiger partial charge in [-0.15, -0.1) is 0 Å². The zero-order valence-corrected chi connectivity index (χ0v) is 17.2. The molecule has 3 aromatic rings. The third kappa shape index (κ3) is 4.82. The first kappa shape index (κ1) is 20.6. The van der Waals surface area contributed by atoms with Gasteiger partial charge in [-0.2, -0.15) is 0 Å². The highest BCUT2D eigenvalue weighted by molar-refractivity contribution is 7.80. The highest BCUT2D eigenvalue weighted by atomic mass is 32.1. The molecule has 0 bridgehead atoms. The molecule has 3 rings (SSSR count). The van der Waals surface area contributed by atoms with Crippen LogP contribution in [-0.2, 0) is 6.61 Å². The number of methoxy groups -OCH3 is 1. The lowest BCUT2D eigenvalue weighted by molar-refractivity contribution is 0.0977. The minimum absolute atomic E-state index is 0.170. The van der Waals surface area contributed by atoms with Gasteiger partial charge in [-0.1, -0.05) is 6.07 Å². The van der Waals surface area contributed by atoms with Crippen LogP contribution in [-0.4, -0.2) is 23.2 Å². The maximum atomic E-state index is 12.4. The van der Waals surface area contributed by atoms with Gasteiger partial charge in [-0.25, -0.2) is 0 Å². The monoisotopic (exact) mass is 410 g/mol. The number of anilines is 1. The second-order valence-electron chi connectivity index (χ2n) is 6.55. The van der Waals surface area contributed by atoms with E-state index in [2.05, 4.69) is 10.6 Å². The molecule has 1 amide bonds. The van der Waals surface area contributed by atoms with E-state index in [0.717, 1.165) is 16.7 Å². The summed E-state index contributed by atoms with van der Waals surface area (Å²) in [6.07, 6.45) is 0. The molecule has 2 aromatic carbocycles. The van der Waals surface area contributed by atoms with E-state index in [4.69, 9.17) is 26.5 Å². The molecule has 150 valence electrons. The van der Waals surface area contributed by atoms with Gasteiger partial charge in [0, 0.05) is 17.3 Å². The van der Waals surface area contributed by atoms with Crippen LogP contribution in [0.25, 0.3) is 11.3 Å². The number of aliphatic hydroxyl groups is 1. The van der Waals surface area contributed by atoms with Gasteiger partial charge in [0.1, 0.15) is 23.9 Å². The summed E-state index contributed by atoms with van der Waals surface area (Å²) < 4.78 is 11.0. The molecule has 0 atom stereocenters. The topological polar surface area (TPSA) is 83.7 Å². The molecule has 0 spiro atoms. The molecule has 29 heavy (non-hydrogen) atoms. The van der Waals surface area contributed by atoms with Crippen molar-refractivity contribution in [3.63, 3.8) is 0 Å². The van der Waals surface area contributed by atoms with Gasteiger partial charge in [0.2, 0.25) is 0 Å². The number of rotatable bonds is 5. The fourth-order valence-electron chi connectivity index (χ4n) is 2.80. The number of amides is 1. The Morgan fingerprint density at radius 2 is 1.90 bits per heavy atom. The van der Waals surface area contributed by atoms with Gasteiger partial charge in [-0.05, 0) is 73.6 Å². The first-order valence-electron chi connectivity index (χ1n) is 8.99. The Bertz CT molecular complexity index is 1060. The lowest BCUT2D eigenvalue weighted by atomic mass is 10.1. The van der Waals surface area contributed by atoms with E-state index < -0.39 is 0 Å². The molecule has 0 aliphatic carbocycles. The van der Waals surface area contributed by atoms with Crippen molar-refractivity contribution in [2.24, 2.45) is 0 Å². The van der Waals surface area contributed by atoms with Crippen LogP contribution in [0.2, 0.25) is 0 Å². The van der Waals surface area contributed by atoms with Crippen LogP contribution < -0.4 is 15.4 Å². The van der Waals surface area contributed by atoms with Crippen molar-refractivity contribution >= 4 is 28.9 Å². The minimum Gasteiger partial charge on any atom is -0.496 e. The lowest BCUT2D eigenvalue weighted by Gasteiger charge is -2.13. The molecule has 6 nitrogen and oxygen atoms in total. The lowest BCUT2D eigenvalue weighted by Crippen LogP contribution is -2.34. The minimum atomic E-state index is -0.277. The number of thiocarbonyl (C=S) groups is 1.